The van der Waals surface area contributed by atoms with Crippen molar-refractivity contribution in [1.82, 2.24) is 5.32 Å². The van der Waals surface area contributed by atoms with Crippen molar-refractivity contribution in [3.8, 4) is 0 Å². The monoisotopic (exact) mass is 460 g/mol. The summed E-state index contributed by atoms with van der Waals surface area (Å²) in [5.74, 6) is -2.42. The first-order valence-electron chi connectivity index (χ1n) is 9.38. The van der Waals surface area contributed by atoms with Crippen molar-refractivity contribution < 1.29 is 29.0 Å². The number of carboxylic acids is 1. The Balaban J connectivity index is 1.74. The molecule has 0 aromatic heterocycles. The van der Waals surface area contributed by atoms with Crippen molar-refractivity contribution >= 4 is 56.1 Å². The minimum absolute atomic E-state index is 0.00353. The molecule has 1 heterocycles. The van der Waals surface area contributed by atoms with Gasteiger partial charge in [0.15, 0.2) is 12.4 Å². The van der Waals surface area contributed by atoms with Crippen LogP contribution in [0.25, 0.3) is 0 Å². The Morgan fingerprint density at radius 3 is 2.55 bits per heavy atom. The van der Waals surface area contributed by atoms with Gasteiger partial charge in [-0.2, -0.15) is 0 Å². The molecule has 1 aliphatic heterocycles. The maximum atomic E-state index is 12.9. The summed E-state index contributed by atoms with van der Waals surface area (Å²) in [6.45, 7) is 1.31. The number of hydrogen-bond acceptors (Lipinski definition) is 6. The van der Waals surface area contributed by atoms with Crippen LogP contribution in [-0.2, 0) is 19.1 Å². The van der Waals surface area contributed by atoms with Crippen LogP contribution < -0.4 is 10.2 Å². The molecular formula is C21H21N2O6PS. The number of amides is 2. The highest BCUT2D eigenvalue weighted by atomic mass is 32.2. The molecule has 2 aromatic carbocycles. The van der Waals surface area contributed by atoms with E-state index in [1.807, 2.05) is 37.3 Å². The number of nitrogens with one attached hydrogen (secondary N) is 1. The summed E-state index contributed by atoms with van der Waals surface area (Å²) in [4.78, 5) is 51.1. The van der Waals surface area contributed by atoms with E-state index in [-0.39, 0.29) is 6.16 Å². The lowest BCUT2D eigenvalue weighted by Crippen LogP contribution is -2.45. The van der Waals surface area contributed by atoms with E-state index in [0.29, 0.717) is 11.4 Å². The van der Waals surface area contributed by atoms with Gasteiger partial charge < -0.3 is 15.2 Å². The van der Waals surface area contributed by atoms with E-state index in [1.54, 1.807) is 12.1 Å². The fraction of sp³-hybridized carbons (Fsp3) is 0.238. The Morgan fingerprint density at radius 2 is 1.84 bits per heavy atom. The molecule has 10 heteroatoms. The molecule has 31 heavy (non-hydrogen) atoms. The van der Waals surface area contributed by atoms with Gasteiger partial charge in [0.1, 0.15) is 0 Å². The van der Waals surface area contributed by atoms with Crippen LogP contribution in [0.4, 0.5) is 16.2 Å². The number of fused-ring (bicyclic) bond motifs is 2. The van der Waals surface area contributed by atoms with Gasteiger partial charge in [0, 0.05) is 16.0 Å². The summed E-state index contributed by atoms with van der Waals surface area (Å²) in [6, 6.07) is 11.8. The zero-order valence-corrected chi connectivity index (χ0v) is 18.6. The lowest BCUT2D eigenvalue weighted by atomic mass is 10.1. The average Bonchev–Trinajstić information content (AvgIpc) is 2.74. The molecule has 2 N–H and O–H groups in total. The summed E-state index contributed by atoms with van der Waals surface area (Å²) in [6.07, 6.45) is -1.30. The van der Waals surface area contributed by atoms with E-state index in [2.05, 4.69) is 14.6 Å². The van der Waals surface area contributed by atoms with Gasteiger partial charge in [0.2, 0.25) is 0 Å². The number of aryl methyl sites for hydroxylation is 1. The molecule has 2 amide bonds. The summed E-state index contributed by atoms with van der Waals surface area (Å²) >= 11 is 1.54. The second-order valence-corrected chi connectivity index (χ2v) is 8.31. The van der Waals surface area contributed by atoms with Crippen molar-refractivity contribution in [3.63, 3.8) is 0 Å². The smallest absolute Gasteiger partial charge is 0.419 e. The number of benzene rings is 2. The number of nitrogens with zero attached hydrogens (tertiary/aromatic N) is 1. The number of ketones is 1. The van der Waals surface area contributed by atoms with Gasteiger partial charge in [-0.15, -0.1) is 9.24 Å². The number of rotatable bonds is 7. The number of Topliss-reactive ketones (excluding diaryl/α,β-unsaturated/α-hetero) is 1. The normalized spacial score (nSPS) is 12.9. The molecule has 0 saturated heterocycles. The number of carbonyl (C=O) groups is 4. The van der Waals surface area contributed by atoms with Crippen molar-refractivity contribution in [3.05, 3.63) is 48.0 Å². The Bertz CT molecular complexity index is 1040. The predicted octanol–water partition coefficient (Wildman–Crippen LogP) is 3.14. The van der Waals surface area contributed by atoms with Gasteiger partial charge in [-0.05, 0) is 36.8 Å². The lowest BCUT2D eigenvalue weighted by molar-refractivity contribution is -0.140. The molecule has 2 unspecified atom stereocenters. The fourth-order valence-electron chi connectivity index (χ4n) is 3.05. The van der Waals surface area contributed by atoms with Crippen molar-refractivity contribution in [1.29, 1.82) is 0 Å². The molecule has 3 rings (SSSR count). The summed E-state index contributed by atoms with van der Waals surface area (Å²) in [7, 11) is 2.19. The Labute approximate surface area is 185 Å². The number of para-hydroxylation sites is 1. The Hall–Kier alpha value is -2.90. The first-order valence-corrected chi connectivity index (χ1v) is 11.0. The largest absolute Gasteiger partial charge is 0.481 e. The third kappa shape index (κ3) is 5.42. The van der Waals surface area contributed by atoms with E-state index < -0.39 is 42.8 Å². The van der Waals surface area contributed by atoms with Crippen molar-refractivity contribution in [2.24, 2.45) is 0 Å². The van der Waals surface area contributed by atoms with Gasteiger partial charge in [-0.25, -0.2) is 9.69 Å². The van der Waals surface area contributed by atoms with Crippen LogP contribution in [0, 0.1) is 6.92 Å². The van der Waals surface area contributed by atoms with Crippen LogP contribution in [0.3, 0.4) is 0 Å². The maximum Gasteiger partial charge on any atom is 0.419 e. The number of anilines is 2. The topological polar surface area (TPSA) is 113 Å². The molecule has 162 valence electrons. The van der Waals surface area contributed by atoms with Crippen LogP contribution in [-0.4, -0.2) is 47.7 Å². The SMILES string of the molecule is Cc1ccc2c(c1)Sc1ccccc1N2C(=O)OCC(=O)NC(CC(=O)O)C(=O)CP. The zero-order chi connectivity index (χ0) is 22.5. The van der Waals surface area contributed by atoms with E-state index in [4.69, 9.17) is 9.84 Å². The van der Waals surface area contributed by atoms with Gasteiger partial charge in [-0.1, -0.05) is 30.0 Å². The van der Waals surface area contributed by atoms with Gasteiger partial charge in [0.05, 0.1) is 23.8 Å². The second-order valence-electron chi connectivity index (χ2n) is 6.82. The standard InChI is InChI=1S/C21H21N2O6PS/c1-12-6-7-15-18(8-12)31-17-5-3-2-4-14(17)23(15)21(28)29-10-19(25)22-13(9-20(26)27)16(24)11-30/h2-8,13H,9-11,30H2,1H3,(H,22,25)(H,26,27). The molecule has 0 bridgehead atoms. The first kappa shape index (κ1) is 22.8. The third-order valence-corrected chi connectivity index (χ3v) is 6.01. The van der Waals surface area contributed by atoms with E-state index in [9.17, 15) is 19.2 Å². The quantitative estimate of drug-likeness (QED) is 0.611. The molecule has 0 fully saturated rings. The number of aliphatic carboxylic acids is 1. The highest BCUT2D eigenvalue weighted by Crippen LogP contribution is 2.48. The average molecular weight is 460 g/mol. The van der Waals surface area contributed by atoms with Crippen molar-refractivity contribution in [2.75, 3.05) is 17.7 Å². The number of hydrogen-bond donors (Lipinski definition) is 2. The van der Waals surface area contributed by atoms with Crippen LogP contribution >= 0.6 is 21.0 Å². The van der Waals surface area contributed by atoms with Gasteiger partial charge >= 0.3 is 12.1 Å². The molecule has 1 aliphatic rings. The maximum absolute atomic E-state index is 12.9. The molecule has 2 aromatic rings. The van der Waals surface area contributed by atoms with Crippen LogP contribution in [0.2, 0.25) is 0 Å². The molecule has 8 nitrogen and oxygen atoms in total. The third-order valence-electron chi connectivity index (χ3n) is 4.50. The lowest BCUT2D eigenvalue weighted by Gasteiger charge is -2.30. The predicted molar refractivity (Wildman–Crippen MR) is 119 cm³/mol. The van der Waals surface area contributed by atoms with Gasteiger partial charge in [-0.3, -0.25) is 14.4 Å². The van der Waals surface area contributed by atoms with Crippen LogP contribution in [0.5, 0.6) is 0 Å². The Kier molecular flexibility index (Phi) is 7.30. The second kappa shape index (κ2) is 9.94. The van der Waals surface area contributed by atoms with Crippen LogP contribution in [0.1, 0.15) is 12.0 Å². The van der Waals surface area contributed by atoms with E-state index >= 15 is 0 Å². The molecule has 0 aliphatic carbocycles. The highest BCUT2D eigenvalue weighted by Gasteiger charge is 2.30. The zero-order valence-electron chi connectivity index (χ0n) is 16.7. The number of ether oxygens (including phenoxy) is 1. The molecule has 2 atom stereocenters. The fourth-order valence-corrected chi connectivity index (χ4v) is 4.49. The number of carboxylic acid groups (broad SMARTS) is 1. The number of carbonyl (C=O) groups excluding carboxylic acids is 3. The minimum Gasteiger partial charge on any atom is -0.481 e. The molecule has 0 radical (unpaired) electrons. The van der Waals surface area contributed by atoms with Gasteiger partial charge in [0.25, 0.3) is 5.91 Å². The summed E-state index contributed by atoms with van der Waals surface area (Å²) in [5.41, 5.74) is 2.32. The van der Waals surface area contributed by atoms with Crippen LogP contribution in [0.15, 0.2) is 52.3 Å². The Morgan fingerprint density at radius 1 is 1.13 bits per heavy atom. The minimum atomic E-state index is -1.22. The molecular weight excluding hydrogens is 439 g/mol. The summed E-state index contributed by atoms with van der Waals surface area (Å²) in [5, 5.41) is 11.3. The van der Waals surface area contributed by atoms with E-state index in [1.165, 1.54) is 16.7 Å². The summed E-state index contributed by atoms with van der Waals surface area (Å²) < 4.78 is 5.21. The first-order chi connectivity index (χ1) is 14.8. The highest BCUT2D eigenvalue weighted by molar-refractivity contribution is 7.99. The van der Waals surface area contributed by atoms with E-state index in [0.717, 1.165) is 15.4 Å². The molecule has 0 spiro atoms. The van der Waals surface area contributed by atoms with Crippen molar-refractivity contribution in [2.45, 2.75) is 29.2 Å². The molecule has 0 saturated carbocycles.